The quantitative estimate of drug-likeness (QED) is 0.439. The van der Waals surface area contributed by atoms with Crippen molar-refractivity contribution in [3.05, 3.63) is 0 Å². The lowest BCUT2D eigenvalue weighted by molar-refractivity contribution is 0.0889. The summed E-state index contributed by atoms with van der Waals surface area (Å²) in [6.07, 6.45) is 0. The van der Waals surface area contributed by atoms with E-state index in [2.05, 4.69) is 0 Å². The van der Waals surface area contributed by atoms with Crippen molar-refractivity contribution in [2.24, 2.45) is 0 Å². The van der Waals surface area contributed by atoms with Crippen molar-refractivity contribution in [2.45, 2.75) is 27.7 Å². The summed E-state index contributed by atoms with van der Waals surface area (Å²) < 4.78 is 21.7. The van der Waals surface area contributed by atoms with E-state index in [9.17, 15) is 4.57 Å². The fraction of sp³-hybridized carbons (Fsp3) is 1.00. The van der Waals surface area contributed by atoms with Gasteiger partial charge in [0.1, 0.15) is 13.5 Å². The number of hydrogen-bond acceptors (Lipinski definition) is 5. The molecule has 0 aromatic heterocycles. The Morgan fingerprint density at radius 2 is 1.12 bits per heavy atom. The molecule has 0 rings (SSSR count). The predicted molar refractivity (Wildman–Crippen MR) is 66.7 cm³/mol. The first-order valence-electron chi connectivity index (χ1n) is 5.92. The van der Waals surface area contributed by atoms with Gasteiger partial charge in [0.05, 0.1) is 0 Å². The van der Waals surface area contributed by atoms with Crippen molar-refractivity contribution in [1.82, 2.24) is 9.80 Å². The Kier molecular flexibility index (Phi) is 10.3. The van der Waals surface area contributed by atoms with Gasteiger partial charge in [0.2, 0.25) is 0 Å². The molecule has 0 unspecified atom stereocenters. The van der Waals surface area contributed by atoms with E-state index < -0.39 is 8.25 Å². The van der Waals surface area contributed by atoms with Crippen LogP contribution in [0.3, 0.4) is 0 Å². The Morgan fingerprint density at radius 3 is 1.38 bits per heavy atom. The van der Waals surface area contributed by atoms with Gasteiger partial charge in [-0.15, -0.1) is 0 Å². The molecule has 0 bridgehead atoms. The molecule has 0 saturated heterocycles. The fourth-order valence-electron chi connectivity index (χ4n) is 1.14. The van der Waals surface area contributed by atoms with Crippen LogP contribution in [0.5, 0.6) is 0 Å². The fourth-order valence-corrected chi connectivity index (χ4v) is 1.80. The first-order chi connectivity index (χ1) is 7.67. The Hall–Kier alpha value is 0.0700. The van der Waals surface area contributed by atoms with Gasteiger partial charge in [-0.2, -0.15) is 0 Å². The first-order valence-corrected chi connectivity index (χ1v) is 7.14. The molecule has 0 heterocycles. The summed E-state index contributed by atoms with van der Waals surface area (Å²) in [6.45, 7) is 12.5. The van der Waals surface area contributed by atoms with E-state index in [0.29, 0.717) is 13.5 Å². The van der Waals surface area contributed by atoms with Crippen LogP contribution >= 0.6 is 8.25 Å². The van der Waals surface area contributed by atoms with Gasteiger partial charge in [0.15, 0.2) is 0 Å². The molecule has 0 fully saturated rings. The van der Waals surface area contributed by atoms with Gasteiger partial charge < -0.3 is 0 Å². The second-order valence-corrected chi connectivity index (χ2v) is 4.48. The van der Waals surface area contributed by atoms with Crippen molar-refractivity contribution < 1.29 is 13.6 Å². The first kappa shape index (κ1) is 16.1. The lowest BCUT2D eigenvalue weighted by atomic mass is 10.6. The predicted octanol–water partition coefficient (Wildman–Crippen LogP) is 2.01. The molecule has 0 amide bonds. The number of hydrogen-bond donors (Lipinski definition) is 0. The summed E-state index contributed by atoms with van der Waals surface area (Å²) in [5, 5.41) is 0. The molecule has 5 nitrogen and oxygen atoms in total. The maximum absolute atomic E-state index is 11.4. The highest BCUT2D eigenvalue weighted by Crippen LogP contribution is 2.23. The van der Waals surface area contributed by atoms with E-state index in [1.807, 2.05) is 37.5 Å². The zero-order valence-electron chi connectivity index (χ0n) is 10.9. The molecule has 0 aliphatic carbocycles. The van der Waals surface area contributed by atoms with Crippen LogP contribution in [0.25, 0.3) is 0 Å². The van der Waals surface area contributed by atoms with E-state index in [4.69, 9.17) is 9.05 Å². The summed E-state index contributed by atoms with van der Waals surface area (Å²) in [5.41, 5.74) is 0. The average molecular weight is 252 g/mol. The summed E-state index contributed by atoms with van der Waals surface area (Å²) in [5.74, 6) is 0. The molecule has 98 valence electrons. The Morgan fingerprint density at radius 1 is 0.812 bits per heavy atom. The summed E-state index contributed by atoms with van der Waals surface area (Å²) >= 11 is 0. The zero-order chi connectivity index (χ0) is 12.4. The van der Waals surface area contributed by atoms with Crippen LogP contribution in [0.2, 0.25) is 0 Å². The molecule has 0 aliphatic heterocycles. The second kappa shape index (κ2) is 10.2. The summed E-state index contributed by atoms with van der Waals surface area (Å²) in [6, 6.07) is 0. The molecule has 0 saturated carbocycles. The largest absolute Gasteiger partial charge is 0.321 e. The summed E-state index contributed by atoms with van der Waals surface area (Å²) in [7, 11) is -2.35. The molecular formula is C10H25N2O3P. The highest BCUT2D eigenvalue weighted by atomic mass is 31.1. The Balaban J connectivity index is 3.65. The van der Waals surface area contributed by atoms with Gasteiger partial charge in [-0.05, 0) is 26.2 Å². The van der Waals surface area contributed by atoms with Crippen LogP contribution < -0.4 is 0 Å². The Labute approximate surface area is 99.6 Å². The average Bonchev–Trinajstić information content (AvgIpc) is 2.31. The molecule has 0 atom stereocenters. The maximum Gasteiger partial charge on any atom is 0.321 e. The third-order valence-corrected chi connectivity index (χ3v) is 3.25. The third kappa shape index (κ3) is 7.36. The van der Waals surface area contributed by atoms with Gasteiger partial charge in [-0.1, -0.05) is 27.7 Å². The van der Waals surface area contributed by atoms with Crippen molar-refractivity contribution in [1.29, 1.82) is 0 Å². The van der Waals surface area contributed by atoms with Crippen LogP contribution in [0, 0.1) is 0 Å². The van der Waals surface area contributed by atoms with Crippen LogP contribution in [0.4, 0.5) is 0 Å². The molecule has 0 aromatic carbocycles. The standard InChI is InChI=1S/C10H25N2O3P/c1-5-11(6-2)9-14-16(13)15-10-12(7-3)8-4/h16H,5-10H2,1-4H3. The monoisotopic (exact) mass is 252 g/mol. The molecule has 0 aliphatic rings. The van der Waals surface area contributed by atoms with E-state index in [-0.39, 0.29) is 0 Å². The van der Waals surface area contributed by atoms with Gasteiger partial charge in [-0.3, -0.25) is 23.4 Å². The number of nitrogens with zero attached hydrogens (tertiary/aromatic N) is 2. The van der Waals surface area contributed by atoms with E-state index >= 15 is 0 Å². The van der Waals surface area contributed by atoms with Crippen LogP contribution in [-0.2, 0) is 13.6 Å². The molecule has 0 aromatic rings. The SMILES string of the molecule is CCN(CC)CO[PH](=O)OCN(CC)CC. The van der Waals surface area contributed by atoms with Gasteiger partial charge >= 0.3 is 8.25 Å². The lowest BCUT2D eigenvalue weighted by Gasteiger charge is -2.20. The van der Waals surface area contributed by atoms with Gasteiger partial charge in [0, 0.05) is 0 Å². The minimum atomic E-state index is -2.35. The maximum atomic E-state index is 11.4. The van der Waals surface area contributed by atoms with E-state index in [1.54, 1.807) is 0 Å². The zero-order valence-corrected chi connectivity index (χ0v) is 11.9. The van der Waals surface area contributed by atoms with Crippen molar-refractivity contribution in [2.75, 3.05) is 39.6 Å². The van der Waals surface area contributed by atoms with Gasteiger partial charge in [0.25, 0.3) is 0 Å². The number of rotatable bonds is 10. The van der Waals surface area contributed by atoms with E-state index in [1.165, 1.54) is 0 Å². The van der Waals surface area contributed by atoms with Crippen LogP contribution in [0.15, 0.2) is 0 Å². The lowest BCUT2D eigenvalue weighted by Crippen LogP contribution is -2.26. The van der Waals surface area contributed by atoms with Gasteiger partial charge in [-0.25, -0.2) is 0 Å². The highest BCUT2D eigenvalue weighted by Gasteiger charge is 2.06. The molecule has 0 spiro atoms. The van der Waals surface area contributed by atoms with Crippen LogP contribution in [0.1, 0.15) is 27.7 Å². The summed E-state index contributed by atoms with van der Waals surface area (Å²) in [4.78, 5) is 4.09. The highest BCUT2D eigenvalue weighted by molar-refractivity contribution is 7.33. The third-order valence-electron chi connectivity index (χ3n) is 2.52. The molecule has 16 heavy (non-hydrogen) atoms. The molecule has 0 N–H and O–H groups in total. The Bertz CT molecular complexity index is 167. The van der Waals surface area contributed by atoms with Crippen molar-refractivity contribution in [3.8, 4) is 0 Å². The van der Waals surface area contributed by atoms with Crippen molar-refractivity contribution >= 4 is 8.25 Å². The molecule has 0 radical (unpaired) electrons. The van der Waals surface area contributed by atoms with Crippen molar-refractivity contribution in [3.63, 3.8) is 0 Å². The smallest absolute Gasteiger partial charge is 0.295 e. The minimum Gasteiger partial charge on any atom is -0.295 e. The van der Waals surface area contributed by atoms with E-state index in [0.717, 1.165) is 26.2 Å². The van der Waals surface area contributed by atoms with Crippen LogP contribution in [-0.4, -0.2) is 49.4 Å². The molecular weight excluding hydrogens is 227 g/mol. The second-order valence-electron chi connectivity index (χ2n) is 3.40. The normalized spacial score (nSPS) is 11.9. The molecule has 6 heteroatoms. The minimum absolute atomic E-state index is 0.378. The topological polar surface area (TPSA) is 42.0 Å².